The molecule has 2 amide bonds. The number of imidazole rings is 1. The number of nitrogens with one attached hydrogen (secondary N) is 4. The maximum Gasteiger partial charge on any atom is 0.391 e. The molecule has 44 heavy (non-hydrogen) atoms. The number of amides is 2. The molecule has 8 nitrogen and oxygen atoms in total. The molecule has 0 radical (unpaired) electrons. The standard InChI is InChI=1S/C29H32Cl2F5N5O3/c1-28(2,3)25(43)38-13-15-6-9-18(30)23(22(15)31)41-27-39-19-10-17(21(44-26(32)33)11-20(19)40-27)24(42)37-12-14-4-7-16(8-5-14)29(34,35)36/h6,9-11,14,16,26H,4-5,7-8,12-13H2,1-3H3,(H,37,42)(H,38,43)(H2,39,40,41). The fourth-order valence-corrected chi connectivity index (χ4v) is 5.43. The Bertz CT molecular complexity index is 1520. The molecule has 1 aliphatic rings. The van der Waals surface area contributed by atoms with Gasteiger partial charge < -0.3 is 25.7 Å². The van der Waals surface area contributed by atoms with Crippen molar-refractivity contribution in [2.24, 2.45) is 17.3 Å². The van der Waals surface area contributed by atoms with Crippen LogP contribution in [-0.4, -0.2) is 41.1 Å². The van der Waals surface area contributed by atoms with E-state index in [1.807, 2.05) is 0 Å². The van der Waals surface area contributed by atoms with Gasteiger partial charge >= 0.3 is 12.8 Å². The highest BCUT2D eigenvalue weighted by Crippen LogP contribution is 2.40. The molecule has 2 aromatic carbocycles. The first kappa shape index (κ1) is 33.6. The lowest BCUT2D eigenvalue weighted by molar-refractivity contribution is -0.183. The lowest BCUT2D eigenvalue weighted by Gasteiger charge is -2.29. The second-order valence-electron chi connectivity index (χ2n) is 11.8. The van der Waals surface area contributed by atoms with Crippen molar-refractivity contribution in [2.45, 2.75) is 65.8 Å². The van der Waals surface area contributed by atoms with E-state index in [4.69, 9.17) is 23.2 Å². The maximum atomic E-state index is 13.2. The van der Waals surface area contributed by atoms with Gasteiger partial charge in [0.2, 0.25) is 11.9 Å². The van der Waals surface area contributed by atoms with Crippen LogP contribution in [0.2, 0.25) is 10.0 Å². The predicted molar refractivity (Wildman–Crippen MR) is 158 cm³/mol. The molecular weight excluding hydrogens is 632 g/mol. The third-order valence-electron chi connectivity index (χ3n) is 7.44. The number of benzene rings is 2. The number of hydrogen-bond acceptors (Lipinski definition) is 5. The van der Waals surface area contributed by atoms with E-state index in [2.05, 4.69) is 30.7 Å². The number of carbonyl (C=O) groups is 2. The van der Waals surface area contributed by atoms with Gasteiger partial charge in [-0.25, -0.2) is 4.98 Å². The first-order chi connectivity index (χ1) is 20.5. The van der Waals surface area contributed by atoms with Crippen molar-refractivity contribution >= 4 is 57.7 Å². The molecule has 0 spiro atoms. The molecule has 0 unspecified atom stereocenters. The van der Waals surface area contributed by atoms with Gasteiger partial charge in [-0.3, -0.25) is 9.59 Å². The SMILES string of the molecule is CC(C)(C)C(=O)NCc1ccc(Cl)c(Nc2nc3cc(OC(F)F)c(C(=O)NCC4CCC(C(F)(F)F)CC4)cc3[nH]2)c1Cl. The van der Waals surface area contributed by atoms with Crippen molar-refractivity contribution in [2.75, 3.05) is 11.9 Å². The van der Waals surface area contributed by atoms with E-state index >= 15 is 0 Å². The number of alkyl halides is 5. The summed E-state index contributed by atoms with van der Waals surface area (Å²) in [6.07, 6.45) is -3.72. The average molecular weight is 665 g/mol. The van der Waals surface area contributed by atoms with Gasteiger partial charge in [0.25, 0.3) is 5.91 Å². The molecule has 0 atom stereocenters. The number of aromatic amines is 1. The highest BCUT2D eigenvalue weighted by atomic mass is 35.5. The van der Waals surface area contributed by atoms with Crippen LogP contribution in [0.4, 0.5) is 33.6 Å². The predicted octanol–water partition coefficient (Wildman–Crippen LogP) is 7.98. The summed E-state index contributed by atoms with van der Waals surface area (Å²) in [4.78, 5) is 32.6. The Balaban J connectivity index is 1.52. The summed E-state index contributed by atoms with van der Waals surface area (Å²) in [5.74, 6) is -2.71. The van der Waals surface area contributed by atoms with Crippen LogP contribution in [0.25, 0.3) is 11.0 Å². The lowest BCUT2D eigenvalue weighted by atomic mass is 9.81. The average Bonchev–Trinajstić information content (AvgIpc) is 3.33. The Morgan fingerprint density at radius 3 is 2.36 bits per heavy atom. The maximum absolute atomic E-state index is 13.2. The third kappa shape index (κ3) is 8.23. The second kappa shape index (κ2) is 13.4. The molecule has 240 valence electrons. The molecule has 0 saturated heterocycles. The third-order valence-corrected chi connectivity index (χ3v) is 8.19. The molecular formula is C29H32Cl2F5N5O3. The molecule has 1 fully saturated rings. The largest absolute Gasteiger partial charge is 0.434 e. The van der Waals surface area contributed by atoms with Crippen LogP contribution in [0, 0.1) is 17.3 Å². The molecule has 15 heteroatoms. The van der Waals surface area contributed by atoms with Gasteiger partial charge in [0.05, 0.1) is 38.2 Å². The molecule has 1 saturated carbocycles. The number of halogens is 7. The first-order valence-electron chi connectivity index (χ1n) is 13.9. The minimum atomic E-state index is -4.24. The summed E-state index contributed by atoms with van der Waals surface area (Å²) in [5.41, 5.74) is 0.525. The Morgan fingerprint density at radius 1 is 1.07 bits per heavy atom. The quantitative estimate of drug-likeness (QED) is 0.174. The second-order valence-corrected chi connectivity index (χ2v) is 12.5. The molecule has 1 aromatic heterocycles. The van der Waals surface area contributed by atoms with E-state index in [0.29, 0.717) is 11.1 Å². The lowest BCUT2D eigenvalue weighted by Crippen LogP contribution is -2.34. The minimum Gasteiger partial charge on any atom is -0.434 e. The minimum absolute atomic E-state index is 0.0256. The number of H-pyrrole nitrogens is 1. The Labute approximate surface area is 260 Å². The highest BCUT2D eigenvalue weighted by Gasteiger charge is 2.41. The summed E-state index contributed by atoms with van der Waals surface area (Å²) >= 11 is 13.0. The number of fused-ring (bicyclic) bond motifs is 1. The zero-order valence-electron chi connectivity index (χ0n) is 24.1. The van der Waals surface area contributed by atoms with E-state index in [1.165, 1.54) is 12.1 Å². The Hall–Kier alpha value is -3.32. The zero-order valence-corrected chi connectivity index (χ0v) is 25.6. The molecule has 0 aliphatic heterocycles. The van der Waals surface area contributed by atoms with E-state index in [1.54, 1.807) is 32.9 Å². The fraction of sp³-hybridized carbons (Fsp3) is 0.483. The number of anilines is 2. The van der Waals surface area contributed by atoms with Crippen molar-refractivity contribution in [3.8, 4) is 5.75 Å². The number of rotatable bonds is 9. The van der Waals surface area contributed by atoms with Gasteiger partial charge in [-0.2, -0.15) is 22.0 Å². The van der Waals surface area contributed by atoms with Crippen LogP contribution in [0.1, 0.15) is 62.4 Å². The zero-order chi connectivity index (χ0) is 32.4. The monoisotopic (exact) mass is 663 g/mol. The number of hydrogen-bond donors (Lipinski definition) is 4. The molecule has 3 aromatic rings. The van der Waals surface area contributed by atoms with Crippen molar-refractivity contribution in [3.63, 3.8) is 0 Å². The summed E-state index contributed by atoms with van der Waals surface area (Å²) in [7, 11) is 0. The van der Waals surface area contributed by atoms with Gasteiger partial charge in [0, 0.05) is 24.6 Å². The molecule has 1 heterocycles. The van der Waals surface area contributed by atoms with Gasteiger partial charge in [0.1, 0.15) is 5.75 Å². The van der Waals surface area contributed by atoms with Crippen LogP contribution in [0.3, 0.4) is 0 Å². The fourth-order valence-electron chi connectivity index (χ4n) is 4.90. The topological polar surface area (TPSA) is 108 Å². The normalized spacial score (nSPS) is 17.5. The first-order valence-corrected chi connectivity index (χ1v) is 14.6. The van der Waals surface area contributed by atoms with Crippen LogP contribution >= 0.6 is 23.2 Å². The van der Waals surface area contributed by atoms with Crippen molar-refractivity contribution in [3.05, 3.63) is 45.4 Å². The summed E-state index contributed by atoms with van der Waals surface area (Å²) in [6, 6.07) is 5.72. The Kier molecular flexibility index (Phi) is 10.2. The molecule has 1 aliphatic carbocycles. The van der Waals surface area contributed by atoms with E-state index in [0.717, 1.165) is 0 Å². The number of aromatic nitrogens is 2. The van der Waals surface area contributed by atoms with E-state index < -0.39 is 35.8 Å². The Morgan fingerprint density at radius 2 is 1.75 bits per heavy atom. The van der Waals surface area contributed by atoms with Gasteiger partial charge in [0.15, 0.2) is 0 Å². The van der Waals surface area contributed by atoms with E-state index in [-0.39, 0.29) is 83.4 Å². The van der Waals surface area contributed by atoms with Gasteiger partial charge in [-0.05, 0) is 49.3 Å². The van der Waals surface area contributed by atoms with Crippen molar-refractivity contribution < 1.29 is 36.3 Å². The molecule has 4 N–H and O–H groups in total. The number of carbonyl (C=O) groups excluding carboxylic acids is 2. The van der Waals surface area contributed by atoms with Gasteiger partial charge in [-0.15, -0.1) is 0 Å². The van der Waals surface area contributed by atoms with Crippen molar-refractivity contribution in [1.82, 2.24) is 20.6 Å². The van der Waals surface area contributed by atoms with Crippen LogP contribution in [0.5, 0.6) is 5.75 Å². The van der Waals surface area contributed by atoms with E-state index in [9.17, 15) is 31.5 Å². The van der Waals surface area contributed by atoms with Crippen molar-refractivity contribution in [1.29, 1.82) is 0 Å². The van der Waals surface area contributed by atoms with Crippen LogP contribution in [-0.2, 0) is 11.3 Å². The van der Waals surface area contributed by atoms with Gasteiger partial charge in [-0.1, -0.05) is 50.0 Å². The summed E-state index contributed by atoms with van der Waals surface area (Å²) < 4.78 is 70.0. The molecule has 4 rings (SSSR count). The van der Waals surface area contributed by atoms with Crippen LogP contribution < -0.4 is 20.7 Å². The smallest absolute Gasteiger partial charge is 0.391 e. The number of nitrogens with zero attached hydrogens (tertiary/aromatic N) is 1. The number of ether oxygens (including phenoxy) is 1. The summed E-state index contributed by atoms with van der Waals surface area (Å²) in [6.45, 7) is 2.33. The molecule has 0 bridgehead atoms. The summed E-state index contributed by atoms with van der Waals surface area (Å²) in [5, 5.41) is 8.88. The highest BCUT2D eigenvalue weighted by molar-refractivity contribution is 6.39. The van der Waals surface area contributed by atoms with Crippen LogP contribution in [0.15, 0.2) is 24.3 Å².